The fourth-order valence-corrected chi connectivity index (χ4v) is 2.33. The minimum Gasteiger partial charge on any atom is -0.310 e. The van der Waals surface area contributed by atoms with E-state index < -0.39 is 0 Å². The highest BCUT2D eigenvalue weighted by atomic mass is 19.1. The minimum absolute atomic E-state index is 0.162. The maximum absolute atomic E-state index is 14.1. The number of hydrogen-bond acceptors (Lipinski definition) is 1. The second-order valence-corrected chi connectivity index (χ2v) is 5.67. The molecule has 0 bridgehead atoms. The molecule has 2 heteroatoms. The van der Waals surface area contributed by atoms with Crippen molar-refractivity contribution in [1.29, 1.82) is 0 Å². The molecule has 0 fully saturated rings. The van der Waals surface area contributed by atoms with Gasteiger partial charge in [-0.15, -0.1) is 0 Å². The Hall–Kier alpha value is -1.67. The van der Waals surface area contributed by atoms with Crippen LogP contribution in [-0.4, -0.2) is 6.04 Å². The molecular weight excluding hydrogens is 249 g/mol. The maximum Gasteiger partial charge on any atom is 0.131 e. The van der Waals surface area contributed by atoms with E-state index in [2.05, 4.69) is 32.2 Å². The predicted molar refractivity (Wildman–Crippen MR) is 83.3 cm³/mol. The third kappa shape index (κ3) is 3.45. The van der Waals surface area contributed by atoms with E-state index in [1.165, 1.54) is 5.56 Å². The first-order valence-electron chi connectivity index (χ1n) is 7.07. The summed E-state index contributed by atoms with van der Waals surface area (Å²) in [6.45, 7) is 9.05. The van der Waals surface area contributed by atoms with Crippen molar-refractivity contribution < 1.29 is 4.39 Å². The van der Waals surface area contributed by atoms with Crippen LogP contribution in [-0.2, 0) is 6.54 Å². The van der Waals surface area contributed by atoms with Crippen LogP contribution in [0.15, 0.2) is 36.4 Å². The molecule has 2 aromatic rings. The van der Waals surface area contributed by atoms with Gasteiger partial charge in [0.25, 0.3) is 0 Å². The summed E-state index contributed by atoms with van der Waals surface area (Å²) in [4.78, 5) is 0. The van der Waals surface area contributed by atoms with E-state index in [9.17, 15) is 4.39 Å². The molecule has 0 unspecified atom stereocenters. The number of halogens is 1. The molecule has 1 N–H and O–H groups in total. The molecule has 0 saturated heterocycles. The van der Waals surface area contributed by atoms with Gasteiger partial charge in [0.2, 0.25) is 0 Å². The van der Waals surface area contributed by atoms with E-state index in [1.807, 2.05) is 31.2 Å². The molecule has 0 amide bonds. The van der Waals surface area contributed by atoms with Crippen LogP contribution in [0.5, 0.6) is 0 Å². The van der Waals surface area contributed by atoms with Gasteiger partial charge < -0.3 is 5.32 Å². The topological polar surface area (TPSA) is 12.0 Å². The lowest BCUT2D eigenvalue weighted by Gasteiger charge is -2.12. The summed E-state index contributed by atoms with van der Waals surface area (Å²) in [6.07, 6.45) is 0. The Kier molecular flexibility index (Phi) is 4.56. The second-order valence-electron chi connectivity index (χ2n) is 5.67. The highest BCUT2D eigenvalue weighted by molar-refractivity contribution is 5.68. The second kappa shape index (κ2) is 6.19. The van der Waals surface area contributed by atoms with E-state index in [1.54, 1.807) is 6.07 Å². The van der Waals surface area contributed by atoms with Gasteiger partial charge in [-0.2, -0.15) is 0 Å². The molecular formula is C18H22FN. The Labute approximate surface area is 120 Å². The summed E-state index contributed by atoms with van der Waals surface area (Å²) >= 11 is 0. The Morgan fingerprint density at radius 1 is 1.00 bits per heavy atom. The van der Waals surface area contributed by atoms with Gasteiger partial charge in [-0.05, 0) is 42.7 Å². The lowest BCUT2D eigenvalue weighted by Crippen LogP contribution is -2.21. The average Bonchev–Trinajstić information content (AvgIpc) is 2.38. The van der Waals surface area contributed by atoms with E-state index in [4.69, 9.17) is 0 Å². The Morgan fingerprint density at radius 2 is 1.75 bits per heavy atom. The summed E-state index contributed by atoms with van der Waals surface area (Å²) in [7, 11) is 0. The molecule has 0 heterocycles. The van der Waals surface area contributed by atoms with E-state index >= 15 is 0 Å². The fraction of sp³-hybridized carbons (Fsp3) is 0.333. The summed E-state index contributed by atoms with van der Waals surface area (Å²) in [6, 6.07) is 11.9. The van der Waals surface area contributed by atoms with Crippen LogP contribution in [0.4, 0.5) is 4.39 Å². The zero-order valence-electron chi connectivity index (χ0n) is 12.6. The van der Waals surface area contributed by atoms with Crippen molar-refractivity contribution in [2.75, 3.05) is 0 Å². The van der Waals surface area contributed by atoms with Crippen LogP contribution in [0.2, 0.25) is 0 Å². The Morgan fingerprint density at radius 3 is 2.40 bits per heavy atom. The van der Waals surface area contributed by atoms with E-state index in [0.29, 0.717) is 11.6 Å². The van der Waals surface area contributed by atoms with Gasteiger partial charge in [-0.1, -0.05) is 43.7 Å². The third-order valence-electron chi connectivity index (χ3n) is 3.42. The van der Waals surface area contributed by atoms with Crippen molar-refractivity contribution >= 4 is 0 Å². The largest absolute Gasteiger partial charge is 0.310 e. The molecule has 0 aromatic heterocycles. The van der Waals surface area contributed by atoms with Crippen molar-refractivity contribution in [2.24, 2.45) is 0 Å². The van der Waals surface area contributed by atoms with Gasteiger partial charge in [0.1, 0.15) is 5.82 Å². The monoisotopic (exact) mass is 271 g/mol. The molecule has 0 radical (unpaired) electrons. The third-order valence-corrected chi connectivity index (χ3v) is 3.42. The van der Waals surface area contributed by atoms with E-state index in [0.717, 1.165) is 23.2 Å². The van der Waals surface area contributed by atoms with Crippen LogP contribution in [0.3, 0.4) is 0 Å². The lowest BCUT2D eigenvalue weighted by atomic mass is 9.97. The van der Waals surface area contributed by atoms with Crippen LogP contribution < -0.4 is 5.32 Å². The van der Waals surface area contributed by atoms with Crippen LogP contribution in [0.1, 0.15) is 30.5 Å². The number of aryl methyl sites for hydroxylation is 2. The van der Waals surface area contributed by atoms with E-state index in [-0.39, 0.29) is 5.82 Å². The van der Waals surface area contributed by atoms with Crippen molar-refractivity contribution in [1.82, 2.24) is 5.32 Å². The van der Waals surface area contributed by atoms with Gasteiger partial charge >= 0.3 is 0 Å². The standard InChI is InChI=1S/C18H22FN/c1-12(2)20-11-15-6-8-18(19)17(10-15)16-7-5-13(3)9-14(16)4/h5-10,12,20H,11H2,1-4H3. The van der Waals surface area contributed by atoms with Crippen molar-refractivity contribution in [3.63, 3.8) is 0 Å². The summed E-state index contributed by atoms with van der Waals surface area (Å²) in [5.74, 6) is -0.162. The molecule has 20 heavy (non-hydrogen) atoms. The Balaban J connectivity index is 2.37. The summed E-state index contributed by atoms with van der Waals surface area (Å²) < 4.78 is 14.1. The highest BCUT2D eigenvalue weighted by Crippen LogP contribution is 2.27. The predicted octanol–water partition coefficient (Wildman–Crippen LogP) is 4.61. The fourth-order valence-electron chi connectivity index (χ4n) is 2.33. The van der Waals surface area contributed by atoms with Gasteiger partial charge in [-0.3, -0.25) is 0 Å². The zero-order chi connectivity index (χ0) is 14.7. The molecule has 2 aromatic carbocycles. The van der Waals surface area contributed by atoms with Crippen LogP contribution in [0.25, 0.3) is 11.1 Å². The van der Waals surface area contributed by atoms with Crippen LogP contribution >= 0.6 is 0 Å². The van der Waals surface area contributed by atoms with Crippen molar-refractivity contribution in [2.45, 2.75) is 40.3 Å². The molecule has 1 nitrogen and oxygen atoms in total. The number of nitrogens with one attached hydrogen (secondary N) is 1. The van der Waals surface area contributed by atoms with Crippen molar-refractivity contribution in [3.8, 4) is 11.1 Å². The molecule has 0 aliphatic rings. The average molecular weight is 271 g/mol. The zero-order valence-corrected chi connectivity index (χ0v) is 12.6. The molecule has 106 valence electrons. The van der Waals surface area contributed by atoms with Crippen LogP contribution in [0, 0.1) is 19.7 Å². The normalized spacial score (nSPS) is 11.1. The molecule has 0 aliphatic carbocycles. The first kappa shape index (κ1) is 14.7. The minimum atomic E-state index is -0.162. The number of rotatable bonds is 4. The van der Waals surface area contributed by atoms with Gasteiger partial charge in [0.05, 0.1) is 0 Å². The number of hydrogen-bond donors (Lipinski definition) is 1. The Bertz CT molecular complexity index is 602. The first-order valence-corrected chi connectivity index (χ1v) is 7.07. The van der Waals surface area contributed by atoms with Gasteiger partial charge in [-0.25, -0.2) is 4.39 Å². The maximum atomic E-state index is 14.1. The molecule has 2 rings (SSSR count). The molecule has 0 aliphatic heterocycles. The lowest BCUT2D eigenvalue weighted by molar-refractivity contribution is 0.586. The first-order chi connectivity index (χ1) is 9.47. The number of benzene rings is 2. The highest BCUT2D eigenvalue weighted by Gasteiger charge is 2.09. The molecule has 0 spiro atoms. The molecule has 0 atom stereocenters. The molecule has 0 saturated carbocycles. The van der Waals surface area contributed by atoms with Gasteiger partial charge in [0.15, 0.2) is 0 Å². The summed E-state index contributed by atoms with van der Waals surface area (Å²) in [5.41, 5.74) is 5.07. The van der Waals surface area contributed by atoms with Crippen molar-refractivity contribution in [3.05, 3.63) is 58.9 Å². The summed E-state index contributed by atoms with van der Waals surface area (Å²) in [5, 5.41) is 3.36. The quantitative estimate of drug-likeness (QED) is 0.856. The van der Waals surface area contributed by atoms with Gasteiger partial charge in [0, 0.05) is 18.2 Å². The smallest absolute Gasteiger partial charge is 0.131 e. The SMILES string of the molecule is Cc1ccc(-c2cc(CNC(C)C)ccc2F)c(C)c1.